The van der Waals surface area contributed by atoms with Gasteiger partial charge < -0.3 is 26.4 Å². The maximum absolute atomic E-state index is 13.1. The highest BCUT2D eigenvalue weighted by Gasteiger charge is 2.23. The number of carboxylic acids is 1. The number of fused-ring (bicyclic) bond motifs is 1. The number of amides is 2. The van der Waals surface area contributed by atoms with Gasteiger partial charge >= 0.3 is 5.97 Å². The number of nitrogens with two attached hydrogens (primary N) is 2. The van der Waals surface area contributed by atoms with Crippen LogP contribution in [0.25, 0.3) is 17.2 Å². The van der Waals surface area contributed by atoms with Gasteiger partial charge in [0, 0.05) is 24.1 Å². The highest BCUT2D eigenvalue weighted by molar-refractivity contribution is 6.06. The van der Waals surface area contributed by atoms with E-state index in [4.69, 9.17) is 11.5 Å². The number of hydrogen-bond donors (Lipinski definition) is 3. The second kappa shape index (κ2) is 12.3. The Morgan fingerprint density at radius 3 is 2.32 bits per heavy atom. The second-order valence-electron chi connectivity index (χ2n) is 9.52. The van der Waals surface area contributed by atoms with E-state index in [9.17, 15) is 19.5 Å². The summed E-state index contributed by atoms with van der Waals surface area (Å²) in [5.74, 6) is -1.97. The number of nitrogens with zero attached hydrogens (tertiary/aromatic N) is 3. The summed E-state index contributed by atoms with van der Waals surface area (Å²) in [6.45, 7) is 2.86. The van der Waals surface area contributed by atoms with Crippen molar-refractivity contribution in [1.82, 2.24) is 9.80 Å². The zero-order chi connectivity index (χ0) is 27.1. The molecule has 0 radical (unpaired) electrons. The van der Waals surface area contributed by atoms with Crippen molar-refractivity contribution in [3.63, 3.8) is 0 Å². The van der Waals surface area contributed by atoms with E-state index >= 15 is 0 Å². The summed E-state index contributed by atoms with van der Waals surface area (Å²) in [5, 5.41) is 9.68. The zero-order valence-electron chi connectivity index (χ0n) is 21.6. The number of benzene rings is 2. The highest BCUT2D eigenvalue weighted by atomic mass is 16.4. The van der Waals surface area contributed by atoms with Crippen molar-refractivity contribution in [3.05, 3.63) is 59.2 Å². The molecule has 1 heterocycles. The van der Waals surface area contributed by atoms with E-state index < -0.39 is 17.8 Å². The third-order valence-corrected chi connectivity index (χ3v) is 6.21. The molecule has 2 amide bonds. The summed E-state index contributed by atoms with van der Waals surface area (Å²) in [6, 6.07) is 13.2. The van der Waals surface area contributed by atoms with Gasteiger partial charge in [0.25, 0.3) is 5.91 Å². The molecule has 1 atom stereocenters. The summed E-state index contributed by atoms with van der Waals surface area (Å²) in [5.41, 5.74) is 15.9. The molecular formula is C28H35N5O4. The zero-order valence-corrected chi connectivity index (χ0v) is 21.6. The lowest BCUT2D eigenvalue weighted by Crippen LogP contribution is -2.40. The maximum Gasteiger partial charge on any atom is 0.311 e. The minimum atomic E-state index is -0.838. The van der Waals surface area contributed by atoms with Gasteiger partial charge in [0.1, 0.15) is 5.84 Å². The van der Waals surface area contributed by atoms with Gasteiger partial charge in [-0.3, -0.25) is 14.4 Å². The first-order valence-electron chi connectivity index (χ1n) is 12.3. The van der Waals surface area contributed by atoms with E-state index in [0.29, 0.717) is 43.0 Å². The van der Waals surface area contributed by atoms with Gasteiger partial charge in [-0.1, -0.05) is 43.3 Å². The molecule has 0 spiro atoms. The van der Waals surface area contributed by atoms with Crippen LogP contribution in [0, 0.1) is 0 Å². The fourth-order valence-corrected chi connectivity index (χ4v) is 4.35. The summed E-state index contributed by atoms with van der Waals surface area (Å²) in [4.78, 5) is 44.3. The van der Waals surface area contributed by atoms with Crippen molar-refractivity contribution in [2.75, 3.05) is 33.7 Å². The fraction of sp³-hybridized carbons (Fsp3) is 0.357. The van der Waals surface area contributed by atoms with Crippen molar-refractivity contribution < 1.29 is 19.5 Å². The lowest BCUT2D eigenvalue weighted by atomic mass is 9.93. The van der Waals surface area contributed by atoms with Crippen LogP contribution in [0.3, 0.4) is 0 Å². The molecule has 9 heteroatoms. The van der Waals surface area contributed by atoms with Gasteiger partial charge in [-0.25, -0.2) is 4.99 Å². The van der Waals surface area contributed by atoms with Gasteiger partial charge in [-0.15, -0.1) is 0 Å². The lowest BCUT2D eigenvalue weighted by molar-refractivity contribution is -0.139. The smallest absolute Gasteiger partial charge is 0.311 e. The molecule has 3 rings (SSSR count). The standard InChI is InChI=1S/C28H35N5O4/c1-4-12-33(17-26(30)34)27(35)22-14-21-10-9-20(15-24(21)31-25(29)16-22)18-5-7-19(8-6-18)23(28(36)37)11-13-32(2)3/h5-10,14-15,23H,4,11-13,16-17H2,1-3H3,(H2,29,31)(H2,30,34)(H,36,37). The minimum Gasteiger partial charge on any atom is -0.481 e. The Kier molecular flexibility index (Phi) is 9.19. The molecule has 37 heavy (non-hydrogen) atoms. The molecular weight excluding hydrogens is 470 g/mol. The van der Waals surface area contributed by atoms with Gasteiger partial charge in [0.05, 0.1) is 18.2 Å². The highest BCUT2D eigenvalue weighted by Crippen LogP contribution is 2.33. The largest absolute Gasteiger partial charge is 0.481 e. The van der Waals surface area contributed by atoms with Crippen molar-refractivity contribution in [3.8, 4) is 11.1 Å². The number of amidine groups is 1. The molecule has 0 fully saturated rings. The van der Waals surface area contributed by atoms with Crippen LogP contribution in [0.2, 0.25) is 0 Å². The van der Waals surface area contributed by atoms with E-state index in [0.717, 1.165) is 22.3 Å². The monoisotopic (exact) mass is 505 g/mol. The van der Waals surface area contributed by atoms with Crippen LogP contribution in [0.5, 0.6) is 0 Å². The van der Waals surface area contributed by atoms with Gasteiger partial charge in [0.15, 0.2) is 0 Å². The maximum atomic E-state index is 13.1. The molecule has 2 aromatic carbocycles. The third-order valence-electron chi connectivity index (χ3n) is 6.21. The number of hydrogen-bond acceptors (Lipinski definition) is 6. The van der Waals surface area contributed by atoms with Gasteiger partial charge in [-0.05, 0) is 62.3 Å². The number of rotatable bonds is 11. The van der Waals surface area contributed by atoms with Crippen LogP contribution in [0.1, 0.15) is 43.2 Å². The molecule has 1 aliphatic rings. The fourth-order valence-electron chi connectivity index (χ4n) is 4.35. The third kappa shape index (κ3) is 7.27. The van der Waals surface area contributed by atoms with Crippen molar-refractivity contribution in [2.45, 2.75) is 32.1 Å². The predicted molar refractivity (Wildman–Crippen MR) is 145 cm³/mol. The lowest BCUT2D eigenvalue weighted by Gasteiger charge is -2.21. The van der Waals surface area contributed by atoms with E-state index in [1.807, 2.05) is 68.4 Å². The molecule has 0 aliphatic carbocycles. The van der Waals surface area contributed by atoms with Crippen molar-refractivity contribution in [2.24, 2.45) is 16.5 Å². The summed E-state index contributed by atoms with van der Waals surface area (Å²) in [7, 11) is 3.85. The first kappa shape index (κ1) is 27.6. The average molecular weight is 506 g/mol. The Labute approximate surface area is 217 Å². The average Bonchev–Trinajstić information content (AvgIpc) is 3.00. The Balaban J connectivity index is 1.88. The summed E-state index contributed by atoms with van der Waals surface area (Å²) in [6.07, 6.45) is 3.15. The van der Waals surface area contributed by atoms with E-state index in [-0.39, 0.29) is 18.9 Å². The quantitative estimate of drug-likeness (QED) is 0.429. The first-order chi connectivity index (χ1) is 17.6. The first-order valence-corrected chi connectivity index (χ1v) is 12.3. The summed E-state index contributed by atoms with van der Waals surface area (Å²) >= 11 is 0. The predicted octanol–water partition coefficient (Wildman–Crippen LogP) is 2.97. The molecule has 9 nitrogen and oxygen atoms in total. The van der Waals surface area contributed by atoms with Crippen molar-refractivity contribution in [1.29, 1.82) is 0 Å². The summed E-state index contributed by atoms with van der Waals surface area (Å²) < 4.78 is 0. The number of carbonyl (C=O) groups is 3. The number of aliphatic carboxylic acids is 1. The minimum absolute atomic E-state index is 0.152. The Hall–Kier alpha value is -3.98. The van der Waals surface area contributed by atoms with Crippen LogP contribution >= 0.6 is 0 Å². The second-order valence-corrected chi connectivity index (χ2v) is 9.52. The molecule has 196 valence electrons. The molecule has 2 aromatic rings. The normalized spacial score (nSPS) is 13.7. The molecule has 1 aliphatic heterocycles. The number of aliphatic imine (C=N–C) groups is 1. The van der Waals surface area contributed by atoms with Crippen LogP contribution in [-0.4, -0.2) is 72.3 Å². The van der Waals surface area contributed by atoms with Crippen LogP contribution in [0.4, 0.5) is 5.69 Å². The molecule has 0 bridgehead atoms. The molecule has 0 saturated carbocycles. The number of carbonyl (C=O) groups excluding carboxylic acids is 2. The van der Waals surface area contributed by atoms with Gasteiger partial charge in [0.2, 0.25) is 5.91 Å². The number of carboxylic acid groups (broad SMARTS) is 1. The van der Waals surface area contributed by atoms with Gasteiger partial charge in [-0.2, -0.15) is 0 Å². The van der Waals surface area contributed by atoms with Crippen LogP contribution < -0.4 is 11.5 Å². The Morgan fingerprint density at radius 1 is 1.05 bits per heavy atom. The molecule has 0 saturated heterocycles. The van der Waals surface area contributed by atoms with Crippen LogP contribution in [0.15, 0.2) is 53.0 Å². The number of primary amides is 1. The van der Waals surface area contributed by atoms with Crippen molar-refractivity contribution >= 4 is 35.4 Å². The Bertz CT molecular complexity index is 1220. The van der Waals surface area contributed by atoms with E-state index in [2.05, 4.69) is 4.99 Å². The molecule has 5 N–H and O–H groups in total. The topological polar surface area (TPSA) is 142 Å². The Morgan fingerprint density at radius 2 is 1.73 bits per heavy atom. The van der Waals surface area contributed by atoms with E-state index in [1.165, 1.54) is 4.90 Å². The van der Waals surface area contributed by atoms with Crippen LogP contribution in [-0.2, 0) is 14.4 Å². The SMILES string of the molecule is CCCN(CC(N)=O)C(=O)C1=Cc2ccc(-c3ccc(C(CCN(C)C)C(=O)O)cc3)cc2N=C(N)C1. The molecule has 0 aromatic heterocycles. The molecule has 1 unspecified atom stereocenters. The van der Waals surface area contributed by atoms with E-state index in [1.54, 1.807) is 6.08 Å².